The van der Waals surface area contributed by atoms with E-state index in [1.54, 1.807) is 43.3 Å². The number of benzene rings is 2. The van der Waals surface area contributed by atoms with Gasteiger partial charge in [-0.25, -0.2) is 0 Å². The zero-order valence-corrected chi connectivity index (χ0v) is 21.1. The van der Waals surface area contributed by atoms with Gasteiger partial charge < -0.3 is 24.4 Å². The molecule has 1 N–H and O–H groups in total. The Labute approximate surface area is 210 Å². The zero-order valence-electron chi connectivity index (χ0n) is 19.6. The SMILES string of the molecule is COc1cc(OC)cc(OCC(=O)N(Cc2c(Cl)cccc2Cl)[C@H](C)C(=O)NC2CCCC2)c1. The van der Waals surface area contributed by atoms with Crippen molar-refractivity contribution in [3.63, 3.8) is 0 Å². The summed E-state index contributed by atoms with van der Waals surface area (Å²) in [5, 5.41) is 3.91. The van der Waals surface area contributed by atoms with E-state index in [1.165, 1.54) is 19.1 Å². The van der Waals surface area contributed by atoms with Gasteiger partial charge in [0.15, 0.2) is 6.61 Å². The number of methoxy groups -OCH3 is 2. The molecule has 184 valence electrons. The lowest BCUT2D eigenvalue weighted by molar-refractivity contribution is -0.142. The molecule has 3 rings (SSSR count). The Kier molecular flexibility index (Phi) is 9.30. The van der Waals surface area contributed by atoms with Gasteiger partial charge >= 0.3 is 0 Å². The number of halogens is 2. The maximum Gasteiger partial charge on any atom is 0.261 e. The summed E-state index contributed by atoms with van der Waals surface area (Å²) in [6.07, 6.45) is 4.08. The highest BCUT2D eigenvalue weighted by Gasteiger charge is 2.29. The summed E-state index contributed by atoms with van der Waals surface area (Å²) < 4.78 is 16.3. The third kappa shape index (κ3) is 6.70. The Hall–Kier alpha value is -2.64. The fourth-order valence-corrected chi connectivity index (χ4v) is 4.44. The van der Waals surface area contributed by atoms with Crippen molar-refractivity contribution >= 4 is 35.0 Å². The molecule has 0 unspecified atom stereocenters. The van der Waals surface area contributed by atoms with E-state index in [1.807, 2.05) is 0 Å². The number of nitrogens with one attached hydrogen (secondary N) is 1. The summed E-state index contributed by atoms with van der Waals surface area (Å²) in [7, 11) is 3.06. The molecule has 2 aromatic carbocycles. The van der Waals surface area contributed by atoms with E-state index in [4.69, 9.17) is 37.4 Å². The maximum absolute atomic E-state index is 13.3. The van der Waals surface area contributed by atoms with Crippen LogP contribution in [0.25, 0.3) is 0 Å². The third-order valence-electron chi connectivity index (χ3n) is 5.95. The fourth-order valence-electron chi connectivity index (χ4n) is 3.92. The van der Waals surface area contributed by atoms with Gasteiger partial charge in [-0.05, 0) is 31.9 Å². The van der Waals surface area contributed by atoms with E-state index in [0.717, 1.165) is 25.7 Å². The molecule has 0 bridgehead atoms. The van der Waals surface area contributed by atoms with Gasteiger partial charge in [-0.15, -0.1) is 0 Å². The summed E-state index contributed by atoms with van der Waals surface area (Å²) in [4.78, 5) is 27.7. The standard InChI is InChI=1S/C25H30Cl2N2O5/c1-16(25(31)28-17-7-4-5-8-17)29(14-21-22(26)9-6-10-23(21)27)24(30)15-34-20-12-18(32-2)11-19(13-20)33-3/h6,9-13,16-17H,4-5,7-8,14-15H2,1-3H3,(H,28,31)/t16-/m1/s1. The highest BCUT2D eigenvalue weighted by atomic mass is 35.5. The molecule has 2 aromatic rings. The molecule has 9 heteroatoms. The van der Waals surface area contributed by atoms with Crippen molar-refractivity contribution in [2.24, 2.45) is 0 Å². The highest BCUT2D eigenvalue weighted by molar-refractivity contribution is 6.36. The number of carbonyl (C=O) groups excluding carboxylic acids is 2. The van der Waals surface area contributed by atoms with Gasteiger partial charge in [0, 0.05) is 46.4 Å². The second-order valence-corrected chi connectivity index (χ2v) is 9.04. The second-order valence-electron chi connectivity index (χ2n) is 8.22. The van der Waals surface area contributed by atoms with E-state index in [2.05, 4.69) is 5.32 Å². The molecule has 2 amide bonds. The number of ether oxygens (including phenoxy) is 3. The molecular weight excluding hydrogens is 479 g/mol. The van der Waals surface area contributed by atoms with Crippen molar-refractivity contribution in [2.75, 3.05) is 20.8 Å². The van der Waals surface area contributed by atoms with Crippen LogP contribution in [0.2, 0.25) is 10.0 Å². The molecule has 7 nitrogen and oxygen atoms in total. The van der Waals surface area contributed by atoms with Gasteiger partial charge in [-0.2, -0.15) is 0 Å². The van der Waals surface area contributed by atoms with Crippen molar-refractivity contribution in [2.45, 2.75) is 51.2 Å². The Morgan fingerprint density at radius 3 is 2.15 bits per heavy atom. The minimum Gasteiger partial charge on any atom is -0.496 e. The monoisotopic (exact) mass is 508 g/mol. The Balaban J connectivity index is 1.79. The molecule has 34 heavy (non-hydrogen) atoms. The topological polar surface area (TPSA) is 77.1 Å². The minimum absolute atomic E-state index is 0.0708. The van der Waals surface area contributed by atoms with Crippen LogP contribution >= 0.6 is 23.2 Å². The molecule has 0 spiro atoms. The largest absolute Gasteiger partial charge is 0.496 e. The summed E-state index contributed by atoms with van der Waals surface area (Å²) in [5.74, 6) is 0.873. The number of rotatable bonds is 10. The van der Waals surface area contributed by atoms with Gasteiger partial charge in [-0.3, -0.25) is 9.59 Å². The van der Waals surface area contributed by atoms with Crippen LogP contribution in [0, 0.1) is 0 Å². The number of nitrogens with zero attached hydrogens (tertiary/aromatic N) is 1. The van der Waals surface area contributed by atoms with Crippen molar-refractivity contribution < 1.29 is 23.8 Å². The van der Waals surface area contributed by atoms with E-state index >= 15 is 0 Å². The van der Waals surface area contributed by atoms with Gasteiger partial charge in [0.1, 0.15) is 23.3 Å². The van der Waals surface area contributed by atoms with E-state index in [9.17, 15) is 9.59 Å². The smallest absolute Gasteiger partial charge is 0.261 e. The molecule has 1 atom stereocenters. The molecule has 0 saturated heterocycles. The lowest BCUT2D eigenvalue weighted by atomic mass is 10.1. The highest BCUT2D eigenvalue weighted by Crippen LogP contribution is 2.29. The molecule has 1 saturated carbocycles. The molecule has 1 fully saturated rings. The van der Waals surface area contributed by atoms with Crippen LogP contribution in [0.3, 0.4) is 0 Å². The van der Waals surface area contributed by atoms with Gasteiger partial charge in [0.2, 0.25) is 5.91 Å². The number of amides is 2. The van der Waals surface area contributed by atoms with Crippen LogP contribution in [0.5, 0.6) is 17.2 Å². The Morgan fingerprint density at radius 1 is 1.03 bits per heavy atom. The first kappa shape index (κ1) is 26.0. The maximum atomic E-state index is 13.3. The van der Waals surface area contributed by atoms with E-state index in [-0.39, 0.29) is 31.0 Å². The van der Waals surface area contributed by atoms with Crippen LogP contribution in [0.4, 0.5) is 0 Å². The van der Waals surface area contributed by atoms with E-state index in [0.29, 0.717) is 32.9 Å². The predicted octanol–water partition coefficient (Wildman–Crippen LogP) is 4.87. The Morgan fingerprint density at radius 2 is 1.59 bits per heavy atom. The zero-order chi connectivity index (χ0) is 24.7. The molecule has 0 radical (unpaired) electrons. The predicted molar refractivity (Wildman–Crippen MR) is 132 cm³/mol. The average Bonchev–Trinajstić information content (AvgIpc) is 3.34. The molecule has 1 aliphatic rings. The number of hydrogen-bond acceptors (Lipinski definition) is 5. The molecule has 1 aliphatic carbocycles. The van der Waals surface area contributed by atoms with Crippen molar-refractivity contribution in [3.8, 4) is 17.2 Å². The second kappa shape index (κ2) is 12.2. The van der Waals surface area contributed by atoms with Crippen molar-refractivity contribution in [1.82, 2.24) is 10.2 Å². The molecule has 0 aliphatic heterocycles. The lowest BCUT2D eigenvalue weighted by Gasteiger charge is -2.30. The minimum atomic E-state index is -0.746. The van der Waals surface area contributed by atoms with Crippen LogP contribution in [-0.4, -0.2) is 49.6 Å². The Bertz CT molecular complexity index is 968. The third-order valence-corrected chi connectivity index (χ3v) is 6.65. The first-order valence-corrected chi connectivity index (χ1v) is 12.0. The van der Waals surface area contributed by atoms with E-state index < -0.39 is 6.04 Å². The summed E-state index contributed by atoms with van der Waals surface area (Å²) >= 11 is 12.7. The van der Waals surface area contributed by atoms with Crippen LogP contribution < -0.4 is 19.5 Å². The quantitative estimate of drug-likeness (QED) is 0.495. The number of hydrogen-bond donors (Lipinski definition) is 1. The first-order chi connectivity index (χ1) is 16.3. The van der Waals surface area contributed by atoms with Gasteiger partial charge in [-0.1, -0.05) is 42.1 Å². The van der Waals surface area contributed by atoms with Crippen molar-refractivity contribution in [1.29, 1.82) is 0 Å². The molecule has 0 heterocycles. The lowest BCUT2D eigenvalue weighted by Crippen LogP contribution is -2.50. The van der Waals surface area contributed by atoms with Crippen LogP contribution in [-0.2, 0) is 16.1 Å². The molecule has 0 aromatic heterocycles. The summed E-state index contributed by atoms with van der Waals surface area (Å²) in [6, 6.07) is 9.54. The summed E-state index contributed by atoms with van der Waals surface area (Å²) in [5.41, 5.74) is 0.572. The van der Waals surface area contributed by atoms with Crippen LogP contribution in [0.1, 0.15) is 38.2 Å². The van der Waals surface area contributed by atoms with Crippen molar-refractivity contribution in [3.05, 3.63) is 52.0 Å². The number of carbonyl (C=O) groups is 2. The normalized spacial score (nSPS) is 14.4. The van der Waals surface area contributed by atoms with Crippen LogP contribution in [0.15, 0.2) is 36.4 Å². The fraction of sp³-hybridized carbons (Fsp3) is 0.440. The van der Waals surface area contributed by atoms with Gasteiger partial charge in [0.05, 0.1) is 14.2 Å². The molecular formula is C25H30Cl2N2O5. The first-order valence-electron chi connectivity index (χ1n) is 11.2. The average molecular weight is 509 g/mol. The summed E-state index contributed by atoms with van der Waals surface area (Å²) in [6.45, 7) is 1.47. The van der Waals surface area contributed by atoms with Gasteiger partial charge in [0.25, 0.3) is 5.91 Å².